The molecule has 3 unspecified atom stereocenters. The highest BCUT2D eigenvalue weighted by molar-refractivity contribution is 14.1. The van der Waals surface area contributed by atoms with Gasteiger partial charge in [-0.15, -0.1) is 0 Å². The highest BCUT2D eigenvalue weighted by Gasteiger charge is 2.23. The van der Waals surface area contributed by atoms with Crippen LogP contribution in [0.4, 0.5) is 0 Å². The van der Waals surface area contributed by atoms with Crippen LogP contribution >= 0.6 is 22.6 Å². The molecule has 3 heteroatoms. The van der Waals surface area contributed by atoms with E-state index in [9.17, 15) is 0 Å². The topological polar surface area (TPSA) is 18.5 Å². The molecule has 1 heterocycles. The molecule has 1 aliphatic heterocycles. The van der Waals surface area contributed by atoms with Crippen molar-refractivity contribution in [2.24, 2.45) is 0 Å². The van der Waals surface area contributed by atoms with Crippen LogP contribution in [0.2, 0.25) is 0 Å². The third-order valence-electron chi connectivity index (χ3n) is 3.89. The lowest BCUT2D eigenvalue weighted by atomic mass is 9.98. The average Bonchev–Trinajstić information content (AvgIpc) is 2.35. The smallest absolute Gasteiger partial charge is 0.0808 e. The van der Waals surface area contributed by atoms with Crippen molar-refractivity contribution < 1.29 is 9.47 Å². The van der Waals surface area contributed by atoms with E-state index in [1.54, 1.807) is 0 Å². The monoisotopic (exact) mass is 352 g/mol. The zero-order chi connectivity index (χ0) is 11.9. The summed E-state index contributed by atoms with van der Waals surface area (Å²) in [5.41, 5.74) is 0. The molecule has 0 N–H and O–H groups in total. The van der Waals surface area contributed by atoms with Gasteiger partial charge in [-0.3, -0.25) is 0 Å². The van der Waals surface area contributed by atoms with Crippen LogP contribution in [0.15, 0.2) is 0 Å². The SMILES string of the molecule is IC1CCCCCCC1OCC1CCCCO1. The quantitative estimate of drug-likeness (QED) is 0.562. The second kappa shape index (κ2) is 7.95. The Bertz CT molecular complexity index is 204. The Morgan fingerprint density at radius 3 is 2.47 bits per heavy atom. The van der Waals surface area contributed by atoms with E-state index in [0.717, 1.165) is 13.2 Å². The number of alkyl halides is 1. The first kappa shape index (κ1) is 14.1. The summed E-state index contributed by atoms with van der Waals surface area (Å²) < 4.78 is 12.6. The minimum absolute atomic E-state index is 0.373. The minimum Gasteiger partial charge on any atom is -0.376 e. The van der Waals surface area contributed by atoms with E-state index in [1.165, 1.54) is 57.8 Å². The van der Waals surface area contributed by atoms with Crippen LogP contribution < -0.4 is 0 Å². The minimum atomic E-state index is 0.373. The molecule has 100 valence electrons. The van der Waals surface area contributed by atoms with Gasteiger partial charge in [0.25, 0.3) is 0 Å². The molecular formula is C14H25IO2. The average molecular weight is 352 g/mol. The molecule has 2 rings (SSSR count). The summed E-state index contributed by atoms with van der Waals surface area (Å²) in [5, 5.41) is 0. The van der Waals surface area contributed by atoms with Crippen molar-refractivity contribution in [3.05, 3.63) is 0 Å². The maximum atomic E-state index is 6.14. The molecule has 2 fully saturated rings. The van der Waals surface area contributed by atoms with E-state index in [1.807, 2.05) is 0 Å². The molecule has 0 spiro atoms. The van der Waals surface area contributed by atoms with Crippen molar-refractivity contribution in [2.45, 2.75) is 73.9 Å². The van der Waals surface area contributed by atoms with E-state index in [2.05, 4.69) is 22.6 Å². The summed E-state index contributed by atoms with van der Waals surface area (Å²) in [6.45, 7) is 1.76. The van der Waals surface area contributed by atoms with Gasteiger partial charge in [-0.1, -0.05) is 48.3 Å². The summed E-state index contributed by atoms with van der Waals surface area (Å²) >= 11 is 2.59. The van der Waals surface area contributed by atoms with E-state index in [4.69, 9.17) is 9.47 Å². The highest BCUT2D eigenvalue weighted by Crippen LogP contribution is 2.26. The lowest BCUT2D eigenvalue weighted by Gasteiger charge is -2.29. The summed E-state index contributed by atoms with van der Waals surface area (Å²) in [4.78, 5) is 0. The largest absolute Gasteiger partial charge is 0.376 e. The fourth-order valence-corrected chi connectivity index (χ4v) is 3.77. The van der Waals surface area contributed by atoms with E-state index in [-0.39, 0.29) is 0 Å². The molecule has 0 amide bonds. The van der Waals surface area contributed by atoms with Gasteiger partial charge in [0, 0.05) is 10.5 Å². The molecule has 0 radical (unpaired) electrons. The maximum Gasteiger partial charge on any atom is 0.0808 e. The van der Waals surface area contributed by atoms with Crippen LogP contribution in [0, 0.1) is 0 Å². The molecule has 0 bridgehead atoms. The van der Waals surface area contributed by atoms with Crippen LogP contribution in [0.5, 0.6) is 0 Å². The summed E-state index contributed by atoms with van der Waals surface area (Å²) in [5.74, 6) is 0. The van der Waals surface area contributed by atoms with Crippen molar-refractivity contribution >= 4 is 22.6 Å². The third kappa shape index (κ3) is 5.03. The molecule has 2 nitrogen and oxygen atoms in total. The molecule has 3 atom stereocenters. The highest BCUT2D eigenvalue weighted by atomic mass is 127. The second-order valence-corrected chi connectivity index (χ2v) is 6.97. The lowest BCUT2D eigenvalue weighted by molar-refractivity contribution is -0.0650. The molecule has 0 aromatic carbocycles. The molecule has 2 aliphatic rings. The van der Waals surface area contributed by atoms with Crippen LogP contribution in [0.1, 0.15) is 57.8 Å². The first-order valence-corrected chi connectivity index (χ1v) is 8.48. The normalized spacial score (nSPS) is 36.2. The zero-order valence-electron chi connectivity index (χ0n) is 10.7. The van der Waals surface area contributed by atoms with Gasteiger partial charge < -0.3 is 9.47 Å². The number of hydrogen-bond donors (Lipinski definition) is 0. The molecule has 1 saturated heterocycles. The molecule has 0 aromatic rings. The van der Waals surface area contributed by atoms with Crippen LogP contribution in [-0.2, 0) is 9.47 Å². The predicted molar refractivity (Wildman–Crippen MR) is 78.8 cm³/mol. The summed E-state index contributed by atoms with van der Waals surface area (Å²) in [6, 6.07) is 0. The Morgan fingerprint density at radius 2 is 1.71 bits per heavy atom. The summed E-state index contributed by atoms with van der Waals surface area (Å²) in [7, 11) is 0. The first-order chi connectivity index (χ1) is 8.36. The second-order valence-electron chi connectivity index (χ2n) is 5.37. The van der Waals surface area contributed by atoms with Crippen molar-refractivity contribution in [3.63, 3.8) is 0 Å². The van der Waals surface area contributed by atoms with E-state index < -0.39 is 0 Å². The van der Waals surface area contributed by atoms with Gasteiger partial charge in [-0.25, -0.2) is 0 Å². The van der Waals surface area contributed by atoms with Crippen molar-refractivity contribution in [1.29, 1.82) is 0 Å². The van der Waals surface area contributed by atoms with E-state index in [0.29, 0.717) is 16.1 Å². The maximum absolute atomic E-state index is 6.14. The standard InChI is InChI=1S/C14H25IO2/c15-13-8-3-1-2-4-9-14(13)17-11-12-7-5-6-10-16-12/h12-14H,1-11H2. The number of halogens is 1. The Labute approximate surface area is 119 Å². The van der Waals surface area contributed by atoms with Crippen LogP contribution in [-0.4, -0.2) is 29.3 Å². The van der Waals surface area contributed by atoms with Gasteiger partial charge in [0.15, 0.2) is 0 Å². The number of rotatable bonds is 3. The summed E-state index contributed by atoms with van der Waals surface area (Å²) in [6.07, 6.45) is 12.7. The van der Waals surface area contributed by atoms with Gasteiger partial charge >= 0.3 is 0 Å². The van der Waals surface area contributed by atoms with Gasteiger partial charge in [0.2, 0.25) is 0 Å². The predicted octanol–water partition coefficient (Wildman–Crippen LogP) is 4.10. The Hall–Kier alpha value is 0.650. The van der Waals surface area contributed by atoms with Crippen molar-refractivity contribution in [1.82, 2.24) is 0 Å². The molecule has 17 heavy (non-hydrogen) atoms. The first-order valence-electron chi connectivity index (χ1n) is 7.23. The van der Waals surface area contributed by atoms with Gasteiger partial charge in [-0.2, -0.15) is 0 Å². The zero-order valence-corrected chi connectivity index (χ0v) is 12.9. The van der Waals surface area contributed by atoms with Gasteiger partial charge in [0.05, 0.1) is 18.8 Å². The molecule has 1 aliphatic carbocycles. The van der Waals surface area contributed by atoms with Crippen LogP contribution in [0.3, 0.4) is 0 Å². The Balaban J connectivity index is 1.71. The fraction of sp³-hybridized carbons (Fsp3) is 1.00. The van der Waals surface area contributed by atoms with Crippen molar-refractivity contribution in [2.75, 3.05) is 13.2 Å². The fourth-order valence-electron chi connectivity index (χ4n) is 2.76. The molecular weight excluding hydrogens is 327 g/mol. The Morgan fingerprint density at radius 1 is 0.941 bits per heavy atom. The van der Waals surface area contributed by atoms with E-state index >= 15 is 0 Å². The van der Waals surface area contributed by atoms with Gasteiger partial charge in [0.1, 0.15) is 0 Å². The van der Waals surface area contributed by atoms with Crippen molar-refractivity contribution in [3.8, 4) is 0 Å². The molecule has 0 aromatic heterocycles. The lowest BCUT2D eigenvalue weighted by Crippen LogP contribution is -2.31. The number of ether oxygens (including phenoxy) is 2. The molecule has 1 saturated carbocycles. The van der Waals surface area contributed by atoms with Crippen LogP contribution in [0.25, 0.3) is 0 Å². The number of hydrogen-bond acceptors (Lipinski definition) is 2. The van der Waals surface area contributed by atoms with Gasteiger partial charge in [-0.05, 0) is 32.1 Å². The third-order valence-corrected chi connectivity index (χ3v) is 5.32. The Kier molecular flexibility index (Phi) is 6.58.